The van der Waals surface area contributed by atoms with Crippen molar-refractivity contribution in [3.05, 3.63) is 18.0 Å². The molecule has 20 heavy (non-hydrogen) atoms. The molecule has 0 amide bonds. The van der Waals surface area contributed by atoms with Gasteiger partial charge in [-0.25, -0.2) is 0 Å². The Morgan fingerprint density at radius 2 is 1.90 bits per heavy atom. The fourth-order valence-electron chi connectivity index (χ4n) is 4.17. The third kappa shape index (κ3) is 2.40. The number of aromatic nitrogens is 2. The second kappa shape index (κ2) is 5.86. The van der Waals surface area contributed by atoms with Crippen LogP contribution in [-0.2, 0) is 6.54 Å². The zero-order chi connectivity index (χ0) is 14.0. The van der Waals surface area contributed by atoms with E-state index in [0.29, 0.717) is 0 Å². The fraction of sp³-hybridized carbons (Fsp3) is 0.812. The molecule has 1 saturated heterocycles. The van der Waals surface area contributed by atoms with Gasteiger partial charge in [0.15, 0.2) is 0 Å². The van der Waals surface area contributed by atoms with Gasteiger partial charge in [0, 0.05) is 23.8 Å². The molecular formula is C16H28N4. The molecule has 0 radical (unpaired) electrons. The molecule has 112 valence electrons. The molecule has 2 N–H and O–H groups in total. The summed E-state index contributed by atoms with van der Waals surface area (Å²) in [7, 11) is 0. The summed E-state index contributed by atoms with van der Waals surface area (Å²) < 4.78 is 1.99. The first kappa shape index (κ1) is 14.1. The molecule has 1 aliphatic carbocycles. The molecule has 2 fully saturated rings. The predicted octanol–water partition coefficient (Wildman–Crippen LogP) is 2.70. The van der Waals surface area contributed by atoms with E-state index in [4.69, 9.17) is 5.73 Å². The van der Waals surface area contributed by atoms with Gasteiger partial charge in [-0.15, -0.1) is 0 Å². The lowest BCUT2D eigenvalue weighted by atomic mass is 9.82. The van der Waals surface area contributed by atoms with Gasteiger partial charge in [0.1, 0.15) is 0 Å². The highest BCUT2D eigenvalue weighted by molar-refractivity contribution is 5.19. The fourth-order valence-corrected chi connectivity index (χ4v) is 4.17. The molecule has 1 saturated carbocycles. The van der Waals surface area contributed by atoms with Crippen molar-refractivity contribution < 1.29 is 0 Å². The Kier molecular flexibility index (Phi) is 4.13. The quantitative estimate of drug-likeness (QED) is 0.919. The van der Waals surface area contributed by atoms with Crippen LogP contribution < -0.4 is 5.73 Å². The first-order valence-electron chi connectivity index (χ1n) is 8.29. The van der Waals surface area contributed by atoms with E-state index in [1.807, 2.05) is 10.9 Å². The maximum absolute atomic E-state index is 6.74. The van der Waals surface area contributed by atoms with E-state index in [0.717, 1.165) is 6.54 Å². The number of aryl methyl sites for hydroxylation is 1. The van der Waals surface area contributed by atoms with Crippen molar-refractivity contribution in [3.8, 4) is 0 Å². The minimum Gasteiger partial charge on any atom is -0.322 e. The Balaban J connectivity index is 1.85. The van der Waals surface area contributed by atoms with E-state index in [2.05, 4.69) is 23.1 Å². The predicted molar refractivity (Wildman–Crippen MR) is 81.5 cm³/mol. The topological polar surface area (TPSA) is 47.1 Å². The summed E-state index contributed by atoms with van der Waals surface area (Å²) in [5.41, 5.74) is 8.16. The lowest BCUT2D eigenvalue weighted by Crippen LogP contribution is -2.55. The van der Waals surface area contributed by atoms with E-state index < -0.39 is 0 Å². The van der Waals surface area contributed by atoms with Crippen LogP contribution in [0.5, 0.6) is 0 Å². The van der Waals surface area contributed by atoms with Gasteiger partial charge in [0.2, 0.25) is 0 Å². The molecule has 0 bridgehead atoms. The third-order valence-corrected chi connectivity index (χ3v) is 5.37. The molecule has 4 heteroatoms. The first-order valence-corrected chi connectivity index (χ1v) is 8.29. The van der Waals surface area contributed by atoms with Crippen LogP contribution in [0.25, 0.3) is 0 Å². The van der Waals surface area contributed by atoms with Crippen LogP contribution in [0.3, 0.4) is 0 Å². The van der Waals surface area contributed by atoms with Crippen LogP contribution in [0.2, 0.25) is 0 Å². The smallest absolute Gasteiger partial charge is 0.0538 e. The molecule has 1 unspecified atom stereocenters. The second-order valence-electron chi connectivity index (χ2n) is 6.47. The van der Waals surface area contributed by atoms with Crippen LogP contribution in [0, 0.1) is 0 Å². The minimum atomic E-state index is 0.114. The van der Waals surface area contributed by atoms with Gasteiger partial charge in [-0.05, 0) is 45.7 Å². The van der Waals surface area contributed by atoms with Crippen molar-refractivity contribution in [1.82, 2.24) is 14.7 Å². The second-order valence-corrected chi connectivity index (χ2v) is 6.47. The van der Waals surface area contributed by atoms with Crippen LogP contribution in [0.4, 0.5) is 0 Å². The number of nitrogens with two attached hydrogens (primary N) is 1. The molecule has 1 aromatic rings. The molecule has 4 nitrogen and oxygen atoms in total. The van der Waals surface area contributed by atoms with Gasteiger partial charge < -0.3 is 5.73 Å². The largest absolute Gasteiger partial charge is 0.322 e. The number of likely N-dealkylation sites (tertiary alicyclic amines) is 1. The Morgan fingerprint density at radius 1 is 1.20 bits per heavy atom. The lowest BCUT2D eigenvalue weighted by Gasteiger charge is -2.47. The Bertz CT molecular complexity index is 427. The van der Waals surface area contributed by atoms with Crippen molar-refractivity contribution >= 4 is 0 Å². The number of piperidine rings is 1. The minimum absolute atomic E-state index is 0.114. The van der Waals surface area contributed by atoms with Crippen LogP contribution in [0.15, 0.2) is 12.4 Å². The monoisotopic (exact) mass is 276 g/mol. The molecule has 2 aliphatic rings. The number of nitrogens with zero attached hydrogens (tertiary/aromatic N) is 3. The summed E-state index contributed by atoms with van der Waals surface area (Å²) in [5, 5.41) is 4.42. The molecule has 0 aromatic carbocycles. The van der Waals surface area contributed by atoms with Gasteiger partial charge in [-0.1, -0.05) is 19.3 Å². The van der Waals surface area contributed by atoms with Gasteiger partial charge in [0.25, 0.3) is 0 Å². The van der Waals surface area contributed by atoms with E-state index in [1.165, 1.54) is 63.6 Å². The maximum atomic E-state index is 6.74. The van der Waals surface area contributed by atoms with Gasteiger partial charge >= 0.3 is 0 Å². The number of rotatable bonds is 4. The molecule has 1 aliphatic heterocycles. The van der Waals surface area contributed by atoms with E-state index in [9.17, 15) is 0 Å². The van der Waals surface area contributed by atoms with Gasteiger partial charge in [0.05, 0.1) is 12.2 Å². The van der Waals surface area contributed by atoms with Gasteiger partial charge in [-0.2, -0.15) is 5.10 Å². The summed E-state index contributed by atoms with van der Waals surface area (Å²) in [6.07, 6.45) is 13.4. The van der Waals surface area contributed by atoms with Crippen molar-refractivity contribution in [2.75, 3.05) is 13.1 Å². The average Bonchev–Trinajstić information content (AvgIpc) is 3.17. The average molecular weight is 276 g/mol. The highest BCUT2D eigenvalue weighted by Gasteiger charge is 2.45. The van der Waals surface area contributed by atoms with Crippen LogP contribution in [0.1, 0.15) is 63.5 Å². The summed E-state index contributed by atoms with van der Waals surface area (Å²) in [5.74, 6) is 0. The van der Waals surface area contributed by atoms with Crippen LogP contribution >= 0.6 is 0 Å². The molecule has 3 rings (SSSR count). The maximum Gasteiger partial charge on any atom is 0.0538 e. The molecule has 0 spiro atoms. The summed E-state index contributed by atoms with van der Waals surface area (Å²) >= 11 is 0. The standard InChI is InChI=1S/C16H28N4/c1-2-20-13-14(12-18-20)15(17)16(8-4-5-9-16)19-10-6-3-7-11-19/h12-13,15H,2-11,17H2,1H3. The lowest BCUT2D eigenvalue weighted by molar-refractivity contribution is 0.0478. The summed E-state index contributed by atoms with van der Waals surface area (Å²) in [6.45, 7) is 5.51. The summed E-state index contributed by atoms with van der Waals surface area (Å²) in [6, 6.07) is 0.114. The molecule has 1 atom stereocenters. The molecule has 2 heterocycles. The zero-order valence-corrected chi connectivity index (χ0v) is 12.7. The summed E-state index contributed by atoms with van der Waals surface area (Å²) in [4.78, 5) is 2.71. The van der Waals surface area contributed by atoms with Gasteiger partial charge in [-0.3, -0.25) is 9.58 Å². The van der Waals surface area contributed by atoms with E-state index in [-0.39, 0.29) is 11.6 Å². The molecule has 1 aromatic heterocycles. The van der Waals surface area contributed by atoms with Crippen LogP contribution in [-0.4, -0.2) is 33.3 Å². The normalized spacial score (nSPS) is 24.9. The Morgan fingerprint density at radius 3 is 2.50 bits per heavy atom. The van der Waals surface area contributed by atoms with Crippen molar-refractivity contribution in [2.24, 2.45) is 5.73 Å². The Hall–Kier alpha value is -0.870. The first-order chi connectivity index (χ1) is 9.76. The molecular weight excluding hydrogens is 248 g/mol. The third-order valence-electron chi connectivity index (χ3n) is 5.37. The van der Waals surface area contributed by atoms with Crippen molar-refractivity contribution in [3.63, 3.8) is 0 Å². The number of hydrogen-bond acceptors (Lipinski definition) is 3. The van der Waals surface area contributed by atoms with Crippen molar-refractivity contribution in [1.29, 1.82) is 0 Å². The number of hydrogen-bond donors (Lipinski definition) is 1. The highest BCUT2D eigenvalue weighted by atomic mass is 15.3. The van der Waals surface area contributed by atoms with E-state index in [1.54, 1.807) is 0 Å². The SMILES string of the molecule is CCn1cc(C(N)C2(N3CCCCC3)CCCC2)cn1. The van der Waals surface area contributed by atoms with E-state index >= 15 is 0 Å². The Labute approximate surface area is 122 Å². The zero-order valence-electron chi connectivity index (χ0n) is 12.7. The highest BCUT2D eigenvalue weighted by Crippen LogP contribution is 2.44. The van der Waals surface area contributed by atoms with Crippen molar-refractivity contribution in [2.45, 2.75) is 70.0 Å².